The largest absolute Gasteiger partial charge is 0.382 e. The van der Waals surface area contributed by atoms with E-state index in [-0.39, 0.29) is 18.4 Å². The first kappa shape index (κ1) is 30.0. The van der Waals surface area contributed by atoms with Crippen molar-refractivity contribution in [3.63, 3.8) is 0 Å². The normalized spacial score (nSPS) is 10.9. The van der Waals surface area contributed by atoms with Crippen LogP contribution in [-0.2, 0) is 35.0 Å². The van der Waals surface area contributed by atoms with Gasteiger partial charge in [0.1, 0.15) is 0 Å². The SMILES string of the molecule is CCCCCC(=O)N(CCOCCOCCOCCOC)CC(=O)NCCCc1ccccc1. The molecule has 34 heavy (non-hydrogen) atoms. The summed E-state index contributed by atoms with van der Waals surface area (Å²) in [6.45, 7) is 6.56. The van der Waals surface area contributed by atoms with Gasteiger partial charge < -0.3 is 29.2 Å². The highest BCUT2D eigenvalue weighted by Crippen LogP contribution is 2.04. The smallest absolute Gasteiger partial charge is 0.239 e. The van der Waals surface area contributed by atoms with Crippen LogP contribution in [0.5, 0.6) is 0 Å². The minimum absolute atomic E-state index is 0.000873. The quantitative estimate of drug-likeness (QED) is 0.257. The Morgan fingerprint density at radius 2 is 1.50 bits per heavy atom. The molecule has 1 rings (SSSR count). The molecule has 0 bridgehead atoms. The fourth-order valence-electron chi connectivity index (χ4n) is 3.23. The summed E-state index contributed by atoms with van der Waals surface area (Å²) >= 11 is 0. The summed E-state index contributed by atoms with van der Waals surface area (Å²) in [6, 6.07) is 10.2. The van der Waals surface area contributed by atoms with Gasteiger partial charge in [0.05, 0.1) is 52.8 Å². The number of methoxy groups -OCH3 is 1. The second-order valence-corrected chi connectivity index (χ2v) is 8.04. The number of hydrogen-bond acceptors (Lipinski definition) is 6. The Bertz CT molecular complexity index is 629. The van der Waals surface area contributed by atoms with E-state index in [0.717, 1.165) is 32.1 Å². The van der Waals surface area contributed by atoms with Crippen molar-refractivity contribution in [2.24, 2.45) is 0 Å². The van der Waals surface area contributed by atoms with E-state index in [1.54, 1.807) is 12.0 Å². The predicted molar refractivity (Wildman–Crippen MR) is 133 cm³/mol. The lowest BCUT2D eigenvalue weighted by Gasteiger charge is -2.22. The molecule has 0 aliphatic rings. The summed E-state index contributed by atoms with van der Waals surface area (Å²) in [5.74, 6) is -0.130. The molecule has 1 aromatic rings. The van der Waals surface area contributed by atoms with Crippen LogP contribution < -0.4 is 5.32 Å². The number of aryl methyl sites for hydroxylation is 1. The topological polar surface area (TPSA) is 86.3 Å². The Labute approximate surface area is 205 Å². The zero-order valence-corrected chi connectivity index (χ0v) is 21.1. The highest BCUT2D eigenvalue weighted by Gasteiger charge is 2.16. The molecule has 1 N–H and O–H groups in total. The molecule has 8 heteroatoms. The van der Waals surface area contributed by atoms with Crippen molar-refractivity contribution in [1.82, 2.24) is 10.2 Å². The lowest BCUT2D eigenvalue weighted by Crippen LogP contribution is -2.42. The second kappa shape index (κ2) is 21.5. The Balaban J connectivity index is 2.24. The molecule has 0 fully saturated rings. The van der Waals surface area contributed by atoms with E-state index in [2.05, 4.69) is 24.4 Å². The summed E-state index contributed by atoms with van der Waals surface area (Å²) in [6.07, 6.45) is 5.13. The predicted octanol–water partition coefficient (Wildman–Crippen LogP) is 2.84. The van der Waals surface area contributed by atoms with Crippen molar-refractivity contribution in [3.05, 3.63) is 35.9 Å². The number of ether oxygens (including phenoxy) is 4. The molecule has 0 aliphatic carbocycles. The number of carbonyl (C=O) groups excluding carboxylic acids is 2. The maximum atomic E-state index is 12.6. The molecule has 0 heterocycles. The maximum absolute atomic E-state index is 12.6. The third kappa shape index (κ3) is 16.6. The van der Waals surface area contributed by atoms with Crippen molar-refractivity contribution >= 4 is 11.8 Å². The minimum Gasteiger partial charge on any atom is -0.382 e. The summed E-state index contributed by atoms with van der Waals surface area (Å²) in [5.41, 5.74) is 1.25. The number of hydrogen-bond donors (Lipinski definition) is 1. The van der Waals surface area contributed by atoms with E-state index in [4.69, 9.17) is 18.9 Å². The number of nitrogens with zero attached hydrogens (tertiary/aromatic N) is 1. The van der Waals surface area contributed by atoms with Crippen LogP contribution in [0.1, 0.15) is 44.6 Å². The van der Waals surface area contributed by atoms with E-state index in [9.17, 15) is 9.59 Å². The zero-order valence-electron chi connectivity index (χ0n) is 21.1. The molecular weight excluding hydrogens is 436 g/mol. The Morgan fingerprint density at radius 3 is 2.15 bits per heavy atom. The van der Waals surface area contributed by atoms with Crippen molar-refractivity contribution in [2.75, 3.05) is 73.0 Å². The molecule has 0 unspecified atom stereocenters. The standard InChI is InChI=1S/C26H44N2O6/c1-3-4-6-13-26(30)28(15-16-32-19-20-34-22-21-33-18-17-31-2)23-25(29)27-14-9-12-24-10-7-5-8-11-24/h5,7-8,10-11H,3-4,6,9,12-23H2,1-2H3,(H,27,29). The Morgan fingerprint density at radius 1 is 0.853 bits per heavy atom. The van der Waals surface area contributed by atoms with Gasteiger partial charge in [-0.2, -0.15) is 0 Å². The number of unbranched alkanes of at least 4 members (excludes halogenated alkanes) is 2. The summed E-state index contributed by atoms with van der Waals surface area (Å²) < 4.78 is 21.3. The van der Waals surface area contributed by atoms with Gasteiger partial charge in [0.25, 0.3) is 0 Å². The van der Waals surface area contributed by atoms with Crippen LogP contribution in [0.4, 0.5) is 0 Å². The summed E-state index contributed by atoms with van der Waals surface area (Å²) in [7, 11) is 1.64. The van der Waals surface area contributed by atoms with Gasteiger partial charge >= 0.3 is 0 Å². The first-order valence-corrected chi connectivity index (χ1v) is 12.5. The minimum atomic E-state index is -0.131. The van der Waals surface area contributed by atoms with Crippen molar-refractivity contribution in [2.45, 2.75) is 45.4 Å². The number of carbonyl (C=O) groups is 2. The Hall–Kier alpha value is -2.00. The third-order valence-corrected chi connectivity index (χ3v) is 5.17. The maximum Gasteiger partial charge on any atom is 0.239 e. The summed E-state index contributed by atoms with van der Waals surface area (Å²) in [4.78, 5) is 26.6. The van der Waals surface area contributed by atoms with E-state index in [1.807, 2.05) is 18.2 Å². The molecule has 0 aromatic heterocycles. The molecule has 0 atom stereocenters. The van der Waals surface area contributed by atoms with E-state index in [0.29, 0.717) is 65.8 Å². The van der Waals surface area contributed by atoms with E-state index >= 15 is 0 Å². The second-order valence-electron chi connectivity index (χ2n) is 8.04. The van der Waals surface area contributed by atoms with E-state index in [1.165, 1.54) is 5.56 Å². The van der Waals surface area contributed by atoms with Crippen LogP contribution in [0.25, 0.3) is 0 Å². The lowest BCUT2D eigenvalue weighted by atomic mass is 10.1. The molecule has 194 valence electrons. The van der Waals surface area contributed by atoms with Crippen LogP contribution >= 0.6 is 0 Å². The molecule has 8 nitrogen and oxygen atoms in total. The molecule has 0 aliphatic heterocycles. The number of nitrogens with one attached hydrogen (secondary N) is 1. The van der Waals surface area contributed by atoms with Crippen LogP contribution in [0, 0.1) is 0 Å². The van der Waals surface area contributed by atoms with Gasteiger partial charge in [0.15, 0.2) is 0 Å². The molecule has 2 amide bonds. The highest BCUT2D eigenvalue weighted by molar-refractivity contribution is 5.84. The Kier molecular flexibility index (Phi) is 19.0. The monoisotopic (exact) mass is 480 g/mol. The zero-order chi connectivity index (χ0) is 24.7. The van der Waals surface area contributed by atoms with Crippen LogP contribution in [0.15, 0.2) is 30.3 Å². The summed E-state index contributed by atoms with van der Waals surface area (Å²) in [5, 5.41) is 2.94. The average molecular weight is 481 g/mol. The molecule has 1 aromatic carbocycles. The number of amides is 2. The van der Waals surface area contributed by atoms with Crippen molar-refractivity contribution < 1.29 is 28.5 Å². The van der Waals surface area contributed by atoms with Gasteiger partial charge in [-0.25, -0.2) is 0 Å². The molecule has 0 saturated heterocycles. The highest BCUT2D eigenvalue weighted by atomic mass is 16.6. The molecule has 0 spiro atoms. The lowest BCUT2D eigenvalue weighted by molar-refractivity contribution is -0.137. The van der Waals surface area contributed by atoms with Crippen LogP contribution in [-0.4, -0.2) is 89.7 Å². The van der Waals surface area contributed by atoms with Crippen LogP contribution in [0.3, 0.4) is 0 Å². The van der Waals surface area contributed by atoms with Gasteiger partial charge in [-0.05, 0) is 24.8 Å². The average Bonchev–Trinajstić information content (AvgIpc) is 2.85. The van der Waals surface area contributed by atoms with Gasteiger partial charge in [0.2, 0.25) is 11.8 Å². The van der Waals surface area contributed by atoms with Gasteiger partial charge in [-0.3, -0.25) is 9.59 Å². The third-order valence-electron chi connectivity index (χ3n) is 5.17. The molecule has 0 saturated carbocycles. The fourth-order valence-corrected chi connectivity index (χ4v) is 3.23. The van der Waals surface area contributed by atoms with E-state index < -0.39 is 0 Å². The molecular formula is C26H44N2O6. The number of benzene rings is 1. The first-order valence-electron chi connectivity index (χ1n) is 12.5. The van der Waals surface area contributed by atoms with Gasteiger partial charge in [-0.15, -0.1) is 0 Å². The van der Waals surface area contributed by atoms with Crippen molar-refractivity contribution in [3.8, 4) is 0 Å². The molecule has 0 radical (unpaired) electrons. The van der Waals surface area contributed by atoms with Gasteiger partial charge in [0, 0.05) is 26.6 Å². The fraction of sp³-hybridized carbons (Fsp3) is 0.692. The van der Waals surface area contributed by atoms with Gasteiger partial charge in [-0.1, -0.05) is 50.1 Å². The van der Waals surface area contributed by atoms with Crippen LogP contribution in [0.2, 0.25) is 0 Å². The first-order chi connectivity index (χ1) is 16.7. The number of rotatable bonds is 22. The van der Waals surface area contributed by atoms with Crippen molar-refractivity contribution in [1.29, 1.82) is 0 Å².